The van der Waals surface area contributed by atoms with E-state index in [-0.39, 0.29) is 12.3 Å². The fourth-order valence-electron chi connectivity index (χ4n) is 2.55. The summed E-state index contributed by atoms with van der Waals surface area (Å²) in [7, 11) is 0. The number of aromatic nitrogens is 1. The molecule has 0 saturated heterocycles. The Morgan fingerprint density at radius 1 is 1.08 bits per heavy atom. The number of amides is 2. The first-order chi connectivity index (χ1) is 12.7. The Balaban J connectivity index is 1.53. The summed E-state index contributed by atoms with van der Waals surface area (Å²) in [5, 5.41) is 0.990. The van der Waals surface area contributed by atoms with E-state index < -0.39 is 5.91 Å². The zero-order chi connectivity index (χ0) is 18.4. The maximum absolute atomic E-state index is 12.1. The predicted molar refractivity (Wildman–Crippen MR) is 99.7 cm³/mol. The largest absolute Gasteiger partial charge is 0.490 e. The fourth-order valence-corrected chi connectivity index (χ4v) is 2.55. The quantitative estimate of drug-likeness (QED) is 0.473. The van der Waals surface area contributed by atoms with Crippen LogP contribution in [-0.4, -0.2) is 23.4 Å². The molecule has 0 atom stereocenters. The van der Waals surface area contributed by atoms with Crippen LogP contribution in [0, 0.1) is 0 Å². The summed E-state index contributed by atoms with van der Waals surface area (Å²) in [6, 6.07) is 14.4. The van der Waals surface area contributed by atoms with Gasteiger partial charge in [-0.05, 0) is 35.9 Å². The van der Waals surface area contributed by atoms with E-state index in [4.69, 9.17) is 4.74 Å². The lowest BCUT2D eigenvalue weighted by molar-refractivity contribution is -0.121. The highest BCUT2D eigenvalue weighted by Crippen LogP contribution is 2.18. The lowest BCUT2D eigenvalue weighted by Gasteiger charge is -2.08. The van der Waals surface area contributed by atoms with Gasteiger partial charge in [-0.3, -0.25) is 20.4 Å². The third-order valence-electron chi connectivity index (χ3n) is 3.83. The van der Waals surface area contributed by atoms with Gasteiger partial charge >= 0.3 is 0 Å². The van der Waals surface area contributed by atoms with Crippen LogP contribution in [0.15, 0.2) is 67.4 Å². The smallest absolute Gasteiger partial charge is 0.269 e. The Morgan fingerprint density at radius 3 is 2.62 bits per heavy atom. The zero-order valence-electron chi connectivity index (χ0n) is 14.1. The topological polar surface area (TPSA) is 83.2 Å². The average molecular weight is 349 g/mol. The molecule has 1 aromatic heterocycles. The van der Waals surface area contributed by atoms with E-state index in [0.29, 0.717) is 17.9 Å². The molecule has 0 radical (unpaired) electrons. The van der Waals surface area contributed by atoms with Gasteiger partial charge in [0.1, 0.15) is 12.4 Å². The molecule has 6 nitrogen and oxygen atoms in total. The van der Waals surface area contributed by atoms with Crippen molar-refractivity contribution in [3.8, 4) is 5.75 Å². The molecule has 0 saturated carbocycles. The molecule has 0 unspecified atom stereocenters. The first kappa shape index (κ1) is 17.3. The highest BCUT2D eigenvalue weighted by Gasteiger charge is 2.10. The van der Waals surface area contributed by atoms with Crippen molar-refractivity contribution in [2.45, 2.75) is 6.42 Å². The van der Waals surface area contributed by atoms with Crippen LogP contribution in [0.25, 0.3) is 10.9 Å². The Kier molecular flexibility index (Phi) is 5.34. The number of hydrogen-bond donors (Lipinski definition) is 3. The molecule has 0 fully saturated rings. The highest BCUT2D eigenvalue weighted by molar-refractivity contribution is 5.96. The van der Waals surface area contributed by atoms with E-state index in [1.807, 2.05) is 24.3 Å². The van der Waals surface area contributed by atoms with Crippen LogP contribution in [0.2, 0.25) is 0 Å². The van der Waals surface area contributed by atoms with Crippen molar-refractivity contribution in [3.63, 3.8) is 0 Å². The average Bonchev–Trinajstić information content (AvgIpc) is 3.08. The van der Waals surface area contributed by atoms with Gasteiger partial charge in [0.25, 0.3) is 5.91 Å². The number of hydrazine groups is 1. The van der Waals surface area contributed by atoms with E-state index in [0.717, 1.165) is 16.5 Å². The van der Waals surface area contributed by atoms with Crippen molar-refractivity contribution in [1.82, 2.24) is 15.8 Å². The Morgan fingerprint density at radius 2 is 1.85 bits per heavy atom. The molecule has 0 aliphatic rings. The van der Waals surface area contributed by atoms with Crippen molar-refractivity contribution in [3.05, 3.63) is 78.5 Å². The summed E-state index contributed by atoms with van der Waals surface area (Å²) in [6.45, 7) is 3.97. The van der Waals surface area contributed by atoms with Crippen molar-refractivity contribution >= 4 is 22.7 Å². The van der Waals surface area contributed by atoms with Gasteiger partial charge in [-0.1, -0.05) is 30.9 Å². The molecule has 1 heterocycles. The molecule has 6 heteroatoms. The molecule has 0 spiro atoms. The second-order valence-corrected chi connectivity index (χ2v) is 5.66. The third kappa shape index (κ3) is 4.10. The molecule has 3 rings (SSSR count). The molecular formula is C20H19N3O3. The number of carbonyl (C=O) groups excluding carboxylic acids is 2. The molecular weight excluding hydrogens is 330 g/mol. The number of carbonyl (C=O) groups is 2. The summed E-state index contributed by atoms with van der Waals surface area (Å²) in [5.74, 6) is -0.0496. The lowest BCUT2D eigenvalue weighted by Crippen LogP contribution is -2.42. The van der Waals surface area contributed by atoms with Gasteiger partial charge < -0.3 is 9.72 Å². The maximum Gasteiger partial charge on any atom is 0.269 e. The van der Waals surface area contributed by atoms with Crippen LogP contribution in [0.1, 0.15) is 15.9 Å². The first-order valence-electron chi connectivity index (χ1n) is 8.15. The second-order valence-electron chi connectivity index (χ2n) is 5.66. The number of aromatic amines is 1. The highest BCUT2D eigenvalue weighted by atomic mass is 16.5. The van der Waals surface area contributed by atoms with Crippen LogP contribution in [0.4, 0.5) is 0 Å². The number of benzene rings is 2. The Hall–Kier alpha value is -3.54. The van der Waals surface area contributed by atoms with E-state index in [1.54, 1.807) is 36.5 Å². The summed E-state index contributed by atoms with van der Waals surface area (Å²) >= 11 is 0. The van der Waals surface area contributed by atoms with Crippen molar-refractivity contribution in [2.24, 2.45) is 0 Å². The monoisotopic (exact) mass is 349 g/mol. The van der Waals surface area contributed by atoms with Gasteiger partial charge in [0, 0.05) is 22.7 Å². The zero-order valence-corrected chi connectivity index (χ0v) is 14.1. The molecule has 2 amide bonds. The normalized spacial score (nSPS) is 10.3. The Bertz CT molecular complexity index is 929. The minimum absolute atomic E-state index is 0.165. The van der Waals surface area contributed by atoms with Crippen molar-refractivity contribution in [2.75, 3.05) is 6.61 Å². The van der Waals surface area contributed by atoms with Gasteiger partial charge in [0.2, 0.25) is 5.91 Å². The van der Waals surface area contributed by atoms with E-state index in [2.05, 4.69) is 22.4 Å². The van der Waals surface area contributed by atoms with Gasteiger partial charge in [0.15, 0.2) is 0 Å². The van der Waals surface area contributed by atoms with Crippen LogP contribution >= 0.6 is 0 Å². The first-order valence-corrected chi connectivity index (χ1v) is 8.15. The number of nitrogens with one attached hydrogen (secondary N) is 3. The van der Waals surface area contributed by atoms with E-state index in [9.17, 15) is 9.59 Å². The summed E-state index contributed by atoms with van der Waals surface area (Å²) in [5.41, 5.74) is 7.11. The minimum atomic E-state index is -0.396. The van der Waals surface area contributed by atoms with Gasteiger partial charge in [-0.15, -0.1) is 0 Å². The molecule has 0 aliphatic heterocycles. The van der Waals surface area contributed by atoms with Crippen LogP contribution < -0.4 is 15.6 Å². The summed E-state index contributed by atoms with van der Waals surface area (Å²) in [6.07, 6.45) is 3.61. The Labute approximate surface area is 150 Å². The molecule has 0 aliphatic carbocycles. The van der Waals surface area contributed by atoms with Gasteiger partial charge in [-0.2, -0.15) is 0 Å². The molecule has 3 aromatic rings. The number of ether oxygens (including phenoxy) is 1. The van der Waals surface area contributed by atoms with Crippen molar-refractivity contribution in [1.29, 1.82) is 0 Å². The van der Waals surface area contributed by atoms with Crippen LogP contribution in [0.3, 0.4) is 0 Å². The molecule has 2 aromatic carbocycles. The maximum atomic E-state index is 12.1. The molecule has 3 N–H and O–H groups in total. The predicted octanol–water partition coefficient (Wildman–Crippen LogP) is 2.74. The minimum Gasteiger partial charge on any atom is -0.490 e. The third-order valence-corrected chi connectivity index (χ3v) is 3.83. The SMILES string of the molecule is C=CCOc1ccc(C(=O)NNC(=O)Cc2c[nH]c3ccccc23)cc1. The summed E-state index contributed by atoms with van der Waals surface area (Å²) < 4.78 is 5.36. The lowest BCUT2D eigenvalue weighted by atomic mass is 10.1. The molecule has 132 valence electrons. The van der Waals surface area contributed by atoms with Crippen LogP contribution in [-0.2, 0) is 11.2 Å². The fraction of sp³-hybridized carbons (Fsp3) is 0.100. The van der Waals surface area contributed by atoms with E-state index >= 15 is 0 Å². The summed E-state index contributed by atoms with van der Waals surface area (Å²) in [4.78, 5) is 27.3. The number of rotatable bonds is 6. The molecule has 26 heavy (non-hydrogen) atoms. The van der Waals surface area contributed by atoms with Crippen LogP contribution in [0.5, 0.6) is 5.75 Å². The standard InChI is InChI=1S/C20H19N3O3/c1-2-11-26-16-9-7-14(8-10-16)20(25)23-22-19(24)12-15-13-21-18-6-4-3-5-17(15)18/h2-10,13,21H,1,11-12H2,(H,22,24)(H,23,25). The molecule has 0 bridgehead atoms. The van der Waals surface area contributed by atoms with Crippen molar-refractivity contribution < 1.29 is 14.3 Å². The van der Waals surface area contributed by atoms with Gasteiger partial charge in [0.05, 0.1) is 6.42 Å². The number of para-hydroxylation sites is 1. The second kappa shape index (κ2) is 8.02. The van der Waals surface area contributed by atoms with Gasteiger partial charge in [-0.25, -0.2) is 0 Å². The number of H-pyrrole nitrogens is 1. The number of hydrogen-bond acceptors (Lipinski definition) is 3. The van der Waals surface area contributed by atoms with E-state index in [1.165, 1.54) is 0 Å². The number of fused-ring (bicyclic) bond motifs is 1.